The van der Waals surface area contributed by atoms with E-state index in [9.17, 15) is 23.1 Å². The summed E-state index contributed by atoms with van der Waals surface area (Å²) in [6.07, 6.45) is 1.65. The molecule has 0 heterocycles. The Morgan fingerprint density at radius 1 is 1.17 bits per heavy atom. The molecule has 0 saturated carbocycles. The monoisotopic (exact) mass is 421 g/mol. The number of carbonyl (C=O) groups is 2. The van der Waals surface area contributed by atoms with E-state index in [-0.39, 0.29) is 17.0 Å². The molecular formula is C19H23N3O6S. The predicted molar refractivity (Wildman–Crippen MR) is 108 cm³/mol. The molecule has 0 aliphatic carbocycles. The van der Waals surface area contributed by atoms with Gasteiger partial charge in [-0.3, -0.25) is 4.79 Å². The Hall–Kier alpha value is -3.11. The molecule has 10 heteroatoms. The van der Waals surface area contributed by atoms with E-state index in [4.69, 9.17) is 10.5 Å². The number of sulfonamides is 1. The number of carboxylic acids is 1. The van der Waals surface area contributed by atoms with E-state index < -0.39 is 33.3 Å². The molecule has 1 amide bonds. The Balaban J connectivity index is 2.65. The fraction of sp³-hybridized carbons (Fsp3) is 0.263. The first-order valence-electron chi connectivity index (χ1n) is 8.92. The van der Waals surface area contributed by atoms with E-state index >= 15 is 0 Å². The summed E-state index contributed by atoms with van der Waals surface area (Å²) in [6, 6.07) is 10.6. The minimum Gasteiger partial charge on any atom is -0.478 e. The third-order valence-corrected chi connectivity index (χ3v) is 5.21. The van der Waals surface area contributed by atoms with Crippen molar-refractivity contribution in [1.29, 1.82) is 0 Å². The average molecular weight is 421 g/mol. The third kappa shape index (κ3) is 5.93. The molecule has 0 saturated heterocycles. The van der Waals surface area contributed by atoms with E-state index in [1.165, 1.54) is 6.07 Å². The lowest BCUT2D eigenvalue weighted by atomic mass is 10.1. The summed E-state index contributed by atoms with van der Waals surface area (Å²) in [5.41, 5.74) is 5.10. The summed E-state index contributed by atoms with van der Waals surface area (Å²) in [5.74, 6) is -2.03. The lowest BCUT2D eigenvalue weighted by Gasteiger charge is -2.18. The number of hydrogen-bond donors (Lipinski definition) is 4. The maximum atomic E-state index is 12.8. The van der Waals surface area contributed by atoms with Gasteiger partial charge in [-0.05, 0) is 30.7 Å². The van der Waals surface area contributed by atoms with Crippen LogP contribution in [0.15, 0.2) is 47.4 Å². The zero-order valence-corrected chi connectivity index (χ0v) is 16.7. The van der Waals surface area contributed by atoms with Gasteiger partial charge in [-0.15, -0.1) is 0 Å². The highest BCUT2D eigenvalue weighted by Gasteiger charge is 2.27. The van der Waals surface area contributed by atoms with Gasteiger partial charge in [0.15, 0.2) is 5.75 Å². The Kier molecular flexibility index (Phi) is 7.57. The summed E-state index contributed by atoms with van der Waals surface area (Å²) >= 11 is 0. The van der Waals surface area contributed by atoms with E-state index in [0.29, 0.717) is 12.3 Å². The van der Waals surface area contributed by atoms with Crippen LogP contribution in [0.2, 0.25) is 0 Å². The molecular weight excluding hydrogens is 398 g/mol. The fourth-order valence-electron chi connectivity index (χ4n) is 2.41. The van der Waals surface area contributed by atoms with Gasteiger partial charge in [-0.25, -0.2) is 17.9 Å². The van der Waals surface area contributed by atoms with Crippen molar-refractivity contribution in [3.63, 3.8) is 0 Å². The number of anilines is 1. The number of nitrogens with two attached hydrogens (primary N) is 1. The Bertz CT molecular complexity index is 977. The molecule has 156 valence electrons. The van der Waals surface area contributed by atoms with Crippen molar-refractivity contribution in [2.45, 2.75) is 24.7 Å². The lowest BCUT2D eigenvalue weighted by molar-refractivity contribution is -0.118. The number of hydrogen-bond acceptors (Lipinski definition) is 7. The molecule has 0 fully saturated rings. The molecule has 0 bridgehead atoms. The number of aromatic carboxylic acids is 1. The van der Waals surface area contributed by atoms with Gasteiger partial charge in [0.2, 0.25) is 5.91 Å². The van der Waals surface area contributed by atoms with Crippen LogP contribution in [0.3, 0.4) is 0 Å². The summed E-state index contributed by atoms with van der Waals surface area (Å²) in [4.78, 5) is 22.7. The summed E-state index contributed by atoms with van der Waals surface area (Å²) < 4.78 is 33.2. The summed E-state index contributed by atoms with van der Waals surface area (Å²) in [7, 11) is -4.44. The second-order valence-corrected chi connectivity index (χ2v) is 7.74. The molecule has 2 rings (SSSR count). The molecule has 0 radical (unpaired) electrons. The maximum Gasteiger partial charge on any atom is 0.335 e. The number of ether oxygens (including phenoxy) is 1. The highest BCUT2D eigenvalue weighted by Crippen LogP contribution is 2.37. The smallest absolute Gasteiger partial charge is 0.335 e. The van der Waals surface area contributed by atoms with E-state index in [1.54, 1.807) is 30.3 Å². The van der Waals surface area contributed by atoms with E-state index in [0.717, 1.165) is 18.9 Å². The van der Waals surface area contributed by atoms with Gasteiger partial charge in [-0.2, -0.15) is 0 Å². The molecule has 0 unspecified atom stereocenters. The highest BCUT2D eigenvalue weighted by molar-refractivity contribution is 7.90. The van der Waals surface area contributed by atoms with Crippen LogP contribution in [-0.2, 0) is 14.8 Å². The number of rotatable bonds is 10. The average Bonchev–Trinajstić information content (AvgIpc) is 2.69. The van der Waals surface area contributed by atoms with Gasteiger partial charge in [0.05, 0.1) is 17.8 Å². The fourth-order valence-corrected chi connectivity index (χ4v) is 3.59. The zero-order chi connectivity index (χ0) is 21.4. The van der Waals surface area contributed by atoms with Gasteiger partial charge in [-0.1, -0.05) is 31.5 Å². The van der Waals surface area contributed by atoms with Crippen LogP contribution in [0.5, 0.6) is 11.5 Å². The van der Waals surface area contributed by atoms with E-state index in [1.807, 2.05) is 11.6 Å². The molecule has 29 heavy (non-hydrogen) atoms. The molecule has 5 N–H and O–H groups in total. The molecule has 9 nitrogen and oxygen atoms in total. The van der Waals surface area contributed by atoms with Gasteiger partial charge in [0.25, 0.3) is 10.0 Å². The Labute approximate surface area is 168 Å². The van der Waals surface area contributed by atoms with Crippen molar-refractivity contribution in [2.75, 3.05) is 18.4 Å². The Morgan fingerprint density at radius 3 is 2.45 bits per heavy atom. The normalized spacial score (nSPS) is 11.0. The topological polar surface area (TPSA) is 148 Å². The number of nitrogens with one attached hydrogen (secondary N) is 2. The van der Waals surface area contributed by atoms with Gasteiger partial charge < -0.3 is 20.9 Å². The summed E-state index contributed by atoms with van der Waals surface area (Å²) in [6.45, 7) is 1.91. The van der Waals surface area contributed by atoms with Crippen LogP contribution in [0, 0.1) is 0 Å². The lowest BCUT2D eigenvalue weighted by Crippen LogP contribution is -2.35. The number of carboxylic acid groups (broad SMARTS) is 1. The summed E-state index contributed by atoms with van der Waals surface area (Å²) in [5, 5.41) is 12.4. The minimum atomic E-state index is -4.44. The second-order valence-electron chi connectivity index (χ2n) is 6.08. The first-order chi connectivity index (χ1) is 13.8. The predicted octanol–water partition coefficient (Wildman–Crippen LogP) is 2.15. The van der Waals surface area contributed by atoms with Crippen molar-refractivity contribution in [1.82, 2.24) is 4.72 Å². The zero-order valence-electron chi connectivity index (χ0n) is 15.8. The first-order valence-corrected chi connectivity index (χ1v) is 10.4. The standard InChI is InChI=1S/C19H23N3O6S/c1-2-3-9-21-15-10-13(19(24)25)11-16(29(26,27)22-17(23)12-20)18(15)28-14-7-5-4-6-8-14/h4-8,10-11,21H,2-3,9,12,20H2,1H3,(H,22,23)(H,24,25). The van der Waals surface area contributed by atoms with Gasteiger partial charge in [0.1, 0.15) is 10.6 Å². The number of amides is 1. The minimum absolute atomic E-state index is 0.116. The number of benzene rings is 2. The number of unbranched alkanes of at least 4 members (excludes halogenated alkanes) is 1. The van der Waals surface area contributed by atoms with Crippen LogP contribution in [-0.4, -0.2) is 38.5 Å². The highest BCUT2D eigenvalue weighted by atomic mass is 32.2. The largest absolute Gasteiger partial charge is 0.478 e. The van der Waals surface area contributed by atoms with Crippen LogP contribution in [0.25, 0.3) is 0 Å². The molecule has 0 aliphatic heterocycles. The molecule has 0 aromatic heterocycles. The molecule has 2 aromatic rings. The number of carbonyl (C=O) groups excluding carboxylic acids is 1. The first kappa shape index (κ1) is 22.2. The van der Waals surface area contributed by atoms with Crippen molar-refractivity contribution < 1.29 is 27.9 Å². The quantitative estimate of drug-likeness (QED) is 0.427. The second kappa shape index (κ2) is 9.89. The van der Waals surface area contributed by atoms with Crippen molar-refractivity contribution in [3.05, 3.63) is 48.0 Å². The van der Waals surface area contributed by atoms with E-state index in [2.05, 4.69) is 5.32 Å². The van der Waals surface area contributed by atoms with Crippen molar-refractivity contribution in [2.24, 2.45) is 5.73 Å². The van der Waals surface area contributed by atoms with Crippen LogP contribution in [0.1, 0.15) is 30.1 Å². The van der Waals surface area contributed by atoms with Gasteiger partial charge in [0, 0.05) is 6.54 Å². The molecule has 2 aromatic carbocycles. The van der Waals surface area contributed by atoms with Crippen molar-refractivity contribution >= 4 is 27.6 Å². The molecule has 0 aliphatic rings. The van der Waals surface area contributed by atoms with Crippen LogP contribution in [0.4, 0.5) is 5.69 Å². The number of para-hydroxylation sites is 1. The maximum absolute atomic E-state index is 12.8. The Morgan fingerprint density at radius 2 is 1.86 bits per heavy atom. The van der Waals surface area contributed by atoms with Crippen molar-refractivity contribution in [3.8, 4) is 11.5 Å². The third-order valence-electron chi connectivity index (χ3n) is 3.83. The SMILES string of the molecule is CCCCNc1cc(C(=O)O)cc(S(=O)(=O)NC(=O)CN)c1Oc1ccccc1. The van der Waals surface area contributed by atoms with Crippen LogP contribution >= 0.6 is 0 Å². The van der Waals surface area contributed by atoms with Crippen LogP contribution < -0.4 is 20.5 Å². The molecule has 0 spiro atoms. The van der Waals surface area contributed by atoms with Gasteiger partial charge >= 0.3 is 5.97 Å². The molecule has 0 atom stereocenters.